The summed E-state index contributed by atoms with van der Waals surface area (Å²) in [4.78, 5) is 14.4. The average Bonchev–Trinajstić information content (AvgIpc) is 3.67. The van der Waals surface area contributed by atoms with Crippen molar-refractivity contribution in [1.82, 2.24) is 19.5 Å². The van der Waals surface area contributed by atoms with Crippen molar-refractivity contribution in [2.24, 2.45) is 0 Å². The van der Waals surface area contributed by atoms with Crippen molar-refractivity contribution in [1.29, 1.82) is 0 Å². The quantitative estimate of drug-likeness (QED) is 0.162. The summed E-state index contributed by atoms with van der Waals surface area (Å²) in [7, 11) is 0. The normalized spacial score (nSPS) is 11.3. The van der Waals surface area contributed by atoms with E-state index in [2.05, 4.69) is 112 Å². The summed E-state index contributed by atoms with van der Waals surface area (Å²) in [5.74, 6) is 1.48. The Morgan fingerprint density at radius 2 is 1.42 bits per heavy atom. The molecule has 5 nitrogen and oxygen atoms in total. The van der Waals surface area contributed by atoms with Crippen LogP contribution in [0.1, 0.15) is 67.3 Å². The first-order valence-corrected chi connectivity index (χ1v) is 16.9. The monoisotopic (exact) mass is 833 g/mol. The minimum atomic E-state index is 0. The molecule has 4 aromatic carbocycles. The van der Waals surface area contributed by atoms with E-state index >= 15 is 0 Å². The minimum absolute atomic E-state index is 0. The SMILES string of the molecule is Cc1c[c-]c(-c2ccc(C)cn2)cc1.Cc1cnc2c(c1)nc(-c1[c-]ccc3c1oc1ccccc13)n2-c1c(C(C)C)cccc1C(C)C.[Ir]. The molecule has 6 heteroatoms. The van der Waals surface area contributed by atoms with Crippen LogP contribution in [0.25, 0.3) is 61.4 Å². The molecule has 4 aromatic heterocycles. The van der Waals surface area contributed by atoms with Crippen molar-refractivity contribution < 1.29 is 24.5 Å². The van der Waals surface area contributed by atoms with Gasteiger partial charge in [-0.1, -0.05) is 94.1 Å². The molecule has 0 amide bonds. The van der Waals surface area contributed by atoms with E-state index in [0.717, 1.165) is 67.0 Å². The van der Waals surface area contributed by atoms with Crippen LogP contribution >= 0.6 is 0 Å². The second kappa shape index (κ2) is 14.5. The van der Waals surface area contributed by atoms with Gasteiger partial charge in [0.1, 0.15) is 5.58 Å². The van der Waals surface area contributed by atoms with Crippen LogP contribution in [-0.4, -0.2) is 19.5 Å². The van der Waals surface area contributed by atoms with E-state index in [0.29, 0.717) is 11.8 Å². The molecule has 0 aliphatic rings. The van der Waals surface area contributed by atoms with E-state index in [1.807, 2.05) is 61.8 Å². The van der Waals surface area contributed by atoms with Gasteiger partial charge >= 0.3 is 0 Å². The van der Waals surface area contributed by atoms with E-state index in [4.69, 9.17) is 14.4 Å². The number of hydrogen-bond donors (Lipinski definition) is 0. The summed E-state index contributed by atoms with van der Waals surface area (Å²) in [6.07, 6.45) is 3.80. The molecule has 0 N–H and O–H groups in total. The van der Waals surface area contributed by atoms with E-state index < -0.39 is 0 Å². The fraction of sp³-hybridized carbons (Fsp3) is 0.205. The van der Waals surface area contributed by atoms with Gasteiger partial charge in [-0.25, -0.2) is 4.98 Å². The molecule has 0 spiro atoms. The van der Waals surface area contributed by atoms with Crippen molar-refractivity contribution in [3.05, 3.63) is 143 Å². The Morgan fingerprint density at radius 1 is 0.700 bits per heavy atom. The number of hydrogen-bond acceptors (Lipinski definition) is 4. The molecule has 0 aliphatic carbocycles. The van der Waals surface area contributed by atoms with Gasteiger partial charge in [-0.15, -0.1) is 53.6 Å². The number of pyridine rings is 2. The Labute approximate surface area is 307 Å². The number of aromatic nitrogens is 4. The van der Waals surface area contributed by atoms with Crippen molar-refractivity contribution >= 4 is 33.1 Å². The summed E-state index contributed by atoms with van der Waals surface area (Å²) in [6, 6.07) is 37.8. The predicted octanol–water partition coefficient (Wildman–Crippen LogP) is 11.5. The maximum atomic E-state index is 6.40. The Balaban J connectivity index is 0.000000242. The van der Waals surface area contributed by atoms with Gasteiger partial charge in [0.2, 0.25) is 0 Å². The third-order valence-electron chi connectivity index (χ3n) is 8.92. The number of para-hydroxylation sites is 2. The summed E-state index contributed by atoms with van der Waals surface area (Å²) in [5.41, 5.74) is 13.5. The van der Waals surface area contributed by atoms with Gasteiger partial charge in [-0.05, 0) is 65.8 Å². The van der Waals surface area contributed by atoms with Crippen LogP contribution in [0, 0.1) is 32.9 Å². The standard InChI is InChI=1S/C31H28N3O.C13H12N.Ir/c1-18(2)21-11-8-12-22(19(3)4)28(21)34-30(33-26-16-20(5)17-32-31(26)34)25-14-9-13-24-23-10-6-7-15-27(23)35-29(24)25;1-10-3-6-12(7-4-10)13-8-5-11(2)9-14-13;/h6-13,15-19H,1-5H3;3-6,8-9H,1-2H3;/q2*-1;. The molecule has 253 valence electrons. The number of benzene rings is 4. The van der Waals surface area contributed by atoms with Crippen LogP contribution < -0.4 is 0 Å². The summed E-state index contributed by atoms with van der Waals surface area (Å²) in [5, 5.41) is 2.16. The van der Waals surface area contributed by atoms with Gasteiger partial charge in [-0.3, -0.25) is 4.98 Å². The molecule has 50 heavy (non-hydrogen) atoms. The molecule has 8 rings (SSSR count). The second-order valence-corrected chi connectivity index (χ2v) is 13.4. The van der Waals surface area contributed by atoms with Gasteiger partial charge in [0.05, 0.1) is 16.9 Å². The third kappa shape index (κ3) is 6.66. The largest absolute Gasteiger partial charge is 0.501 e. The molecular formula is C44H40IrN4O-2. The van der Waals surface area contributed by atoms with E-state index in [-0.39, 0.29) is 20.1 Å². The van der Waals surface area contributed by atoms with Gasteiger partial charge in [0, 0.05) is 43.6 Å². The maximum absolute atomic E-state index is 6.40. The van der Waals surface area contributed by atoms with Crippen molar-refractivity contribution in [2.75, 3.05) is 0 Å². The van der Waals surface area contributed by atoms with Crippen LogP contribution in [0.15, 0.2) is 108 Å². The molecule has 0 atom stereocenters. The zero-order valence-electron chi connectivity index (χ0n) is 29.5. The Kier molecular flexibility index (Phi) is 10.2. The molecule has 0 unspecified atom stereocenters. The minimum Gasteiger partial charge on any atom is -0.501 e. The average molecular weight is 833 g/mol. The van der Waals surface area contributed by atoms with Crippen molar-refractivity contribution in [2.45, 2.75) is 60.3 Å². The van der Waals surface area contributed by atoms with Crippen molar-refractivity contribution in [3.63, 3.8) is 0 Å². The van der Waals surface area contributed by atoms with Crippen LogP contribution in [-0.2, 0) is 20.1 Å². The second-order valence-electron chi connectivity index (χ2n) is 13.4. The number of fused-ring (bicyclic) bond motifs is 4. The van der Waals surface area contributed by atoms with Crippen LogP contribution in [0.4, 0.5) is 0 Å². The fourth-order valence-corrected chi connectivity index (χ4v) is 6.36. The molecule has 0 saturated heterocycles. The van der Waals surface area contributed by atoms with Gasteiger partial charge < -0.3 is 14.0 Å². The fourth-order valence-electron chi connectivity index (χ4n) is 6.36. The zero-order valence-corrected chi connectivity index (χ0v) is 31.9. The van der Waals surface area contributed by atoms with Gasteiger partial charge in [-0.2, -0.15) is 0 Å². The van der Waals surface area contributed by atoms with Crippen LogP contribution in [0.2, 0.25) is 0 Å². The summed E-state index contributed by atoms with van der Waals surface area (Å²) >= 11 is 0. The predicted molar refractivity (Wildman–Crippen MR) is 201 cm³/mol. The Hall–Kier alpha value is -4.90. The number of nitrogens with zero attached hydrogens (tertiary/aromatic N) is 4. The molecule has 8 aromatic rings. The molecule has 0 fully saturated rings. The number of imidazole rings is 1. The Bertz CT molecular complexity index is 2350. The molecular weight excluding hydrogens is 793 g/mol. The first kappa shape index (κ1) is 34.9. The third-order valence-corrected chi connectivity index (χ3v) is 8.92. The van der Waals surface area contributed by atoms with Crippen LogP contribution in [0.5, 0.6) is 0 Å². The van der Waals surface area contributed by atoms with E-state index in [1.54, 1.807) is 0 Å². The zero-order chi connectivity index (χ0) is 34.2. The Morgan fingerprint density at radius 3 is 2.10 bits per heavy atom. The maximum Gasteiger partial charge on any atom is 0.155 e. The number of aryl methyl sites for hydroxylation is 3. The van der Waals surface area contributed by atoms with E-state index in [1.165, 1.54) is 22.3 Å². The number of furan rings is 1. The smallest absolute Gasteiger partial charge is 0.155 e. The first-order valence-electron chi connectivity index (χ1n) is 16.9. The summed E-state index contributed by atoms with van der Waals surface area (Å²) in [6.45, 7) is 15.1. The molecule has 1 radical (unpaired) electrons. The van der Waals surface area contributed by atoms with Gasteiger partial charge in [0.25, 0.3) is 0 Å². The topological polar surface area (TPSA) is 56.7 Å². The molecule has 0 aliphatic heterocycles. The van der Waals surface area contributed by atoms with E-state index in [9.17, 15) is 0 Å². The summed E-state index contributed by atoms with van der Waals surface area (Å²) < 4.78 is 8.63. The van der Waals surface area contributed by atoms with Crippen molar-refractivity contribution in [3.8, 4) is 28.3 Å². The molecule has 4 heterocycles. The number of rotatable bonds is 5. The van der Waals surface area contributed by atoms with Gasteiger partial charge in [0.15, 0.2) is 5.65 Å². The van der Waals surface area contributed by atoms with Crippen LogP contribution in [0.3, 0.4) is 0 Å². The first-order chi connectivity index (χ1) is 23.7. The molecule has 0 bridgehead atoms. The molecule has 0 saturated carbocycles.